The molecule has 0 radical (unpaired) electrons. The van der Waals surface area contributed by atoms with Gasteiger partial charge in [-0.25, -0.2) is 0 Å². The second-order valence-corrected chi connectivity index (χ2v) is 8.41. The summed E-state index contributed by atoms with van der Waals surface area (Å²) in [6.45, 7) is 1.97. The normalized spacial score (nSPS) is 18.8. The van der Waals surface area contributed by atoms with Gasteiger partial charge < -0.3 is 16.0 Å². The molecule has 174 valence electrons. The number of rotatable bonds is 6. The van der Waals surface area contributed by atoms with Crippen LogP contribution in [0.2, 0.25) is 0 Å². The van der Waals surface area contributed by atoms with Crippen molar-refractivity contribution in [2.24, 2.45) is 4.99 Å². The molecule has 2 heterocycles. The third-order valence-electron chi connectivity index (χ3n) is 6.02. The van der Waals surface area contributed by atoms with Gasteiger partial charge in [0.2, 0.25) is 0 Å². The largest absolute Gasteiger partial charge is 0.416 e. The lowest BCUT2D eigenvalue weighted by Crippen LogP contribution is -2.34. The van der Waals surface area contributed by atoms with E-state index in [0.717, 1.165) is 42.2 Å². The topological polar surface area (TPSA) is 70.7 Å². The van der Waals surface area contributed by atoms with E-state index in [2.05, 4.69) is 21.3 Å². The molecule has 0 amide bonds. The number of nitrogen functional groups attached to an aromatic ring is 1. The summed E-state index contributed by atoms with van der Waals surface area (Å²) in [4.78, 5) is 19.3. The first kappa shape index (κ1) is 23.0. The number of aliphatic imine (C=N–C) groups is 1. The molecule has 2 aromatic carbocycles. The van der Waals surface area contributed by atoms with E-state index in [1.165, 1.54) is 31.4 Å². The molecule has 0 spiro atoms. The number of benzene rings is 2. The van der Waals surface area contributed by atoms with E-state index >= 15 is 0 Å². The SMILES string of the molecule is Nc1ccc(N2CCCCC2)cc1C1=CC(NCC(=O)c2cccc(C(F)(F)F)c2)CC=N1. The van der Waals surface area contributed by atoms with E-state index in [4.69, 9.17) is 5.73 Å². The average molecular weight is 457 g/mol. The summed E-state index contributed by atoms with van der Waals surface area (Å²) in [5.41, 5.74) is 8.75. The van der Waals surface area contributed by atoms with E-state index in [0.29, 0.717) is 12.1 Å². The van der Waals surface area contributed by atoms with Crippen LogP contribution in [0.4, 0.5) is 24.5 Å². The molecule has 2 aromatic rings. The zero-order valence-electron chi connectivity index (χ0n) is 18.2. The van der Waals surface area contributed by atoms with Crippen LogP contribution >= 0.6 is 0 Å². The van der Waals surface area contributed by atoms with Gasteiger partial charge in [0, 0.05) is 54.3 Å². The number of alkyl halides is 3. The fraction of sp³-hybridized carbons (Fsp3) is 0.360. The van der Waals surface area contributed by atoms with Crippen molar-refractivity contribution >= 4 is 29.1 Å². The van der Waals surface area contributed by atoms with Crippen LogP contribution in [0.25, 0.3) is 5.70 Å². The van der Waals surface area contributed by atoms with Crippen LogP contribution in [0.1, 0.15) is 47.2 Å². The maximum atomic E-state index is 12.9. The van der Waals surface area contributed by atoms with Gasteiger partial charge in [-0.3, -0.25) is 9.79 Å². The molecule has 1 fully saturated rings. The highest BCUT2D eigenvalue weighted by Crippen LogP contribution is 2.31. The molecule has 33 heavy (non-hydrogen) atoms. The number of piperidine rings is 1. The number of hydrogen-bond acceptors (Lipinski definition) is 5. The Hall–Kier alpha value is -3.13. The van der Waals surface area contributed by atoms with Gasteiger partial charge in [-0.05, 0) is 55.7 Å². The Morgan fingerprint density at radius 1 is 1.12 bits per heavy atom. The lowest BCUT2D eigenvalue weighted by molar-refractivity contribution is -0.137. The minimum atomic E-state index is -4.48. The molecular formula is C25H27F3N4O. The second kappa shape index (κ2) is 9.79. The maximum Gasteiger partial charge on any atom is 0.416 e. The lowest BCUT2D eigenvalue weighted by atomic mass is 10.0. The number of nitrogens with one attached hydrogen (secondary N) is 1. The number of carbonyl (C=O) groups is 1. The number of carbonyl (C=O) groups excluding carboxylic acids is 1. The van der Waals surface area contributed by atoms with E-state index in [1.54, 1.807) is 6.21 Å². The molecule has 5 nitrogen and oxygen atoms in total. The van der Waals surface area contributed by atoms with Crippen molar-refractivity contribution in [2.75, 3.05) is 30.3 Å². The number of nitrogens with zero attached hydrogens (tertiary/aromatic N) is 2. The number of ketones is 1. The zero-order valence-corrected chi connectivity index (χ0v) is 18.2. The van der Waals surface area contributed by atoms with E-state index in [1.807, 2.05) is 18.2 Å². The molecule has 0 bridgehead atoms. The molecule has 0 saturated carbocycles. The van der Waals surface area contributed by atoms with E-state index in [-0.39, 0.29) is 18.2 Å². The highest BCUT2D eigenvalue weighted by Gasteiger charge is 2.31. The Bertz CT molecular complexity index is 1070. The number of Topliss-reactive ketones (excluding diaryl/α,β-unsaturated/α-hetero) is 1. The van der Waals surface area contributed by atoms with Crippen molar-refractivity contribution in [3.63, 3.8) is 0 Å². The Morgan fingerprint density at radius 2 is 1.91 bits per heavy atom. The van der Waals surface area contributed by atoms with Crippen molar-refractivity contribution < 1.29 is 18.0 Å². The third kappa shape index (κ3) is 5.63. The molecular weight excluding hydrogens is 429 g/mol. The predicted octanol–water partition coefficient (Wildman–Crippen LogP) is 4.93. The molecule has 4 rings (SSSR count). The molecule has 1 atom stereocenters. The number of nitrogens with two attached hydrogens (primary N) is 1. The fourth-order valence-corrected chi connectivity index (χ4v) is 4.18. The monoisotopic (exact) mass is 456 g/mol. The summed E-state index contributed by atoms with van der Waals surface area (Å²) >= 11 is 0. The molecule has 1 saturated heterocycles. The summed E-state index contributed by atoms with van der Waals surface area (Å²) < 4.78 is 38.8. The van der Waals surface area contributed by atoms with Crippen molar-refractivity contribution in [3.8, 4) is 0 Å². The van der Waals surface area contributed by atoms with Crippen molar-refractivity contribution in [3.05, 3.63) is 65.2 Å². The van der Waals surface area contributed by atoms with Gasteiger partial charge in [0.1, 0.15) is 0 Å². The summed E-state index contributed by atoms with van der Waals surface area (Å²) in [5, 5.41) is 3.13. The Kier molecular flexibility index (Phi) is 6.83. The lowest BCUT2D eigenvalue weighted by Gasteiger charge is -2.29. The number of hydrogen-bond donors (Lipinski definition) is 2. The quantitative estimate of drug-likeness (QED) is 0.478. The van der Waals surface area contributed by atoms with Crippen LogP contribution in [0, 0.1) is 0 Å². The third-order valence-corrected chi connectivity index (χ3v) is 6.02. The standard InChI is InChI=1S/C25H27F3N4O/c26-25(27,28)18-6-4-5-17(13-18)24(33)16-31-19-9-10-30-23(14-19)21-15-20(7-8-22(21)29)32-11-2-1-3-12-32/h4-8,10,13-15,19,31H,1-3,9,11-12,16,29H2. The zero-order chi connectivity index (χ0) is 23.4. The fourth-order valence-electron chi connectivity index (χ4n) is 4.18. The molecule has 3 N–H and O–H groups in total. The van der Waals surface area contributed by atoms with Crippen molar-refractivity contribution in [2.45, 2.75) is 37.9 Å². The van der Waals surface area contributed by atoms with Crippen LogP contribution in [0.3, 0.4) is 0 Å². The first-order valence-electron chi connectivity index (χ1n) is 11.1. The minimum absolute atomic E-state index is 0.0319. The van der Waals surface area contributed by atoms with Gasteiger partial charge in [-0.15, -0.1) is 0 Å². The van der Waals surface area contributed by atoms with Crippen LogP contribution in [-0.4, -0.2) is 37.7 Å². The Morgan fingerprint density at radius 3 is 2.67 bits per heavy atom. The van der Waals surface area contributed by atoms with Gasteiger partial charge in [0.25, 0.3) is 0 Å². The first-order valence-corrected chi connectivity index (χ1v) is 11.1. The van der Waals surface area contributed by atoms with Gasteiger partial charge >= 0.3 is 6.18 Å². The summed E-state index contributed by atoms with van der Waals surface area (Å²) in [5.74, 6) is -0.398. The average Bonchev–Trinajstić information content (AvgIpc) is 2.83. The molecule has 2 aliphatic heterocycles. The van der Waals surface area contributed by atoms with Crippen LogP contribution in [0.15, 0.2) is 53.5 Å². The second-order valence-electron chi connectivity index (χ2n) is 8.41. The van der Waals surface area contributed by atoms with Crippen molar-refractivity contribution in [1.82, 2.24) is 5.32 Å². The Labute approximate surface area is 191 Å². The smallest absolute Gasteiger partial charge is 0.398 e. The minimum Gasteiger partial charge on any atom is -0.398 e. The molecule has 0 aliphatic carbocycles. The molecule has 1 unspecified atom stereocenters. The van der Waals surface area contributed by atoms with E-state index in [9.17, 15) is 18.0 Å². The molecule has 0 aromatic heterocycles. The Balaban J connectivity index is 1.45. The summed E-state index contributed by atoms with van der Waals surface area (Å²) in [6, 6.07) is 10.3. The van der Waals surface area contributed by atoms with Gasteiger partial charge in [0.15, 0.2) is 5.78 Å². The van der Waals surface area contributed by atoms with Crippen LogP contribution < -0.4 is 16.0 Å². The summed E-state index contributed by atoms with van der Waals surface area (Å²) in [6.07, 6.45) is 3.38. The van der Waals surface area contributed by atoms with Crippen molar-refractivity contribution in [1.29, 1.82) is 0 Å². The van der Waals surface area contributed by atoms with Gasteiger partial charge in [0.05, 0.1) is 17.8 Å². The predicted molar refractivity (Wildman–Crippen MR) is 126 cm³/mol. The summed E-state index contributed by atoms with van der Waals surface area (Å²) in [7, 11) is 0. The van der Waals surface area contributed by atoms with Crippen LogP contribution in [0.5, 0.6) is 0 Å². The number of anilines is 2. The highest BCUT2D eigenvalue weighted by atomic mass is 19.4. The first-order chi connectivity index (χ1) is 15.8. The van der Waals surface area contributed by atoms with Gasteiger partial charge in [-0.2, -0.15) is 13.2 Å². The van der Waals surface area contributed by atoms with Crippen LogP contribution in [-0.2, 0) is 6.18 Å². The maximum absolute atomic E-state index is 12.9. The highest BCUT2D eigenvalue weighted by molar-refractivity contribution is 5.98. The van der Waals surface area contributed by atoms with Gasteiger partial charge in [-0.1, -0.05) is 12.1 Å². The molecule has 2 aliphatic rings. The van der Waals surface area contributed by atoms with E-state index < -0.39 is 17.5 Å². The molecule has 8 heteroatoms. The number of halogens is 3.